The molecule has 0 aliphatic carbocycles. The molecule has 2 aromatic rings. The first-order valence-electron chi connectivity index (χ1n) is 9.59. The van der Waals surface area contributed by atoms with E-state index in [1.807, 2.05) is 44.2 Å². The molecule has 29 heavy (non-hydrogen) atoms. The number of hydrogen-bond acceptors (Lipinski definition) is 6. The molecule has 0 heterocycles. The van der Waals surface area contributed by atoms with Gasteiger partial charge in [-0.3, -0.25) is 0 Å². The van der Waals surface area contributed by atoms with E-state index in [9.17, 15) is 8.42 Å². The van der Waals surface area contributed by atoms with Crippen molar-refractivity contribution in [2.75, 3.05) is 33.9 Å². The van der Waals surface area contributed by atoms with Crippen molar-refractivity contribution in [2.45, 2.75) is 31.2 Å². The highest BCUT2D eigenvalue weighted by molar-refractivity contribution is 7.89. The van der Waals surface area contributed by atoms with Crippen LogP contribution in [0.2, 0.25) is 0 Å². The van der Waals surface area contributed by atoms with E-state index in [1.54, 1.807) is 12.1 Å². The van der Waals surface area contributed by atoms with Crippen molar-refractivity contribution in [1.29, 1.82) is 0 Å². The summed E-state index contributed by atoms with van der Waals surface area (Å²) in [5.41, 5.74) is 0.905. The van der Waals surface area contributed by atoms with Crippen molar-refractivity contribution in [3.63, 3.8) is 0 Å². The molecule has 0 radical (unpaired) electrons. The summed E-state index contributed by atoms with van der Waals surface area (Å²) in [6.07, 6.45) is 0.672. The van der Waals surface area contributed by atoms with Crippen LogP contribution >= 0.6 is 0 Å². The maximum atomic E-state index is 12.2. The molecule has 160 valence electrons. The Kier molecular flexibility index (Phi) is 8.75. The zero-order chi connectivity index (χ0) is 21.3. The second-order valence-corrected chi connectivity index (χ2v) is 8.34. The van der Waals surface area contributed by atoms with Crippen molar-refractivity contribution in [1.82, 2.24) is 10.0 Å². The predicted octanol–water partition coefficient (Wildman–Crippen LogP) is 2.60. The van der Waals surface area contributed by atoms with E-state index in [0.29, 0.717) is 31.9 Å². The van der Waals surface area contributed by atoms with E-state index in [0.717, 1.165) is 17.1 Å². The lowest BCUT2D eigenvalue weighted by atomic mass is 10.1. The lowest BCUT2D eigenvalue weighted by Crippen LogP contribution is -2.32. The molecule has 0 amide bonds. The summed E-state index contributed by atoms with van der Waals surface area (Å²) in [6.45, 7) is 5.72. The molecule has 7 nitrogen and oxygen atoms in total. The third-order valence-electron chi connectivity index (χ3n) is 4.33. The van der Waals surface area contributed by atoms with Crippen LogP contribution in [-0.2, 0) is 16.4 Å². The average Bonchev–Trinajstić information content (AvgIpc) is 2.72. The number of benzene rings is 2. The van der Waals surface area contributed by atoms with E-state index in [4.69, 9.17) is 14.2 Å². The monoisotopic (exact) mass is 422 g/mol. The molecule has 2 rings (SSSR count). The smallest absolute Gasteiger partial charge is 0.244 e. The standard InChI is InChI=1S/C21H30N2O5S/c1-5-27-18-8-6-7-9-19(18)28-13-12-23-16(2)14-17-10-11-20(26-4)21(15-17)29(24,25)22-3/h6-11,15-16,22-23H,5,12-14H2,1-4H3. The minimum Gasteiger partial charge on any atom is -0.495 e. The lowest BCUT2D eigenvalue weighted by molar-refractivity contribution is 0.272. The Labute approximate surface area is 173 Å². The number of para-hydroxylation sites is 2. The molecule has 0 saturated carbocycles. The normalized spacial score (nSPS) is 12.4. The average molecular weight is 423 g/mol. The van der Waals surface area contributed by atoms with Gasteiger partial charge in [0.05, 0.1) is 13.7 Å². The Morgan fingerprint density at radius 2 is 1.72 bits per heavy atom. The van der Waals surface area contributed by atoms with Crippen molar-refractivity contribution in [3.05, 3.63) is 48.0 Å². The highest BCUT2D eigenvalue weighted by Gasteiger charge is 2.18. The number of rotatable bonds is 12. The van der Waals surface area contributed by atoms with Crippen LogP contribution in [0, 0.1) is 0 Å². The zero-order valence-corrected chi connectivity index (χ0v) is 18.2. The fraction of sp³-hybridized carbons (Fsp3) is 0.429. The fourth-order valence-electron chi connectivity index (χ4n) is 2.90. The first kappa shape index (κ1) is 23.0. The molecule has 1 unspecified atom stereocenters. The van der Waals surface area contributed by atoms with Gasteiger partial charge in [-0.2, -0.15) is 0 Å². The molecule has 0 bridgehead atoms. The highest BCUT2D eigenvalue weighted by Crippen LogP contribution is 2.26. The van der Waals surface area contributed by atoms with Crippen LogP contribution in [-0.4, -0.2) is 48.4 Å². The number of methoxy groups -OCH3 is 1. The molecule has 1 atom stereocenters. The van der Waals surface area contributed by atoms with Crippen molar-refractivity contribution >= 4 is 10.0 Å². The molecular weight excluding hydrogens is 392 g/mol. The lowest BCUT2D eigenvalue weighted by Gasteiger charge is -2.17. The zero-order valence-electron chi connectivity index (χ0n) is 17.4. The van der Waals surface area contributed by atoms with Crippen LogP contribution in [0.3, 0.4) is 0 Å². The number of sulfonamides is 1. The summed E-state index contributed by atoms with van der Waals surface area (Å²) in [5, 5.41) is 3.39. The largest absolute Gasteiger partial charge is 0.495 e. The molecule has 2 N–H and O–H groups in total. The number of nitrogens with one attached hydrogen (secondary N) is 2. The quantitative estimate of drug-likeness (QED) is 0.512. The van der Waals surface area contributed by atoms with Crippen molar-refractivity contribution in [2.24, 2.45) is 0 Å². The van der Waals surface area contributed by atoms with Crippen LogP contribution in [0.15, 0.2) is 47.4 Å². The second kappa shape index (κ2) is 11.0. The third kappa shape index (κ3) is 6.62. The van der Waals surface area contributed by atoms with Crippen LogP contribution in [0.5, 0.6) is 17.2 Å². The first-order valence-corrected chi connectivity index (χ1v) is 11.1. The molecule has 0 aliphatic rings. The fourth-order valence-corrected chi connectivity index (χ4v) is 3.85. The molecule has 0 spiro atoms. The first-order chi connectivity index (χ1) is 13.9. The summed E-state index contributed by atoms with van der Waals surface area (Å²) >= 11 is 0. The molecule has 8 heteroatoms. The minimum absolute atomic E-state index is 0.138. The Morgan fingerprint density at radius 1 is 1.03 bits per heavy atom. The van der Waals surface area contributed by atoms with Gasteiger partial charge in [0.15, 0.2) is 11.5 Å². The van der Waals surface area contributed by atoms with Crippen molar-refractivity contribution < 1.29 is 22.6 Å². The van der Waals surface area contributed by atoms with Crippen LogP contribution in [0.25, 0.3) is 0 Å². The molecule has 0 fully saturated rings. The molecule has 2 aromatic carbocycles. The van der Waals surface area contributed by atoms with Gasteiger partial charge in [0.2, 0.25) is 10.0 Å². The Bertz CT molecular complexity index is 886. The SMILES string of the molecule is CCOc1ccccc1OCCNC(C)Cc1ccc(OC)c(S(=O)(=O)NC)c1. The van der Waals surface area contributed by atoms with Crippen LogP contribution in [0.1, 0.15) is 19.4 Å². The maximum Gasteiger partial charge on any atom is 0.244 e. The van der Waals surface area contributed by atoms with Gasteiger partial charge in [-0.05, 0) is 57.1 Å². The van der Waals surface area contributed by atoms with Gasteiger partial charge < -0.3 is 19.5 Å². The van der Waals surface area contributed by atoms with E-state index in [1.165, 1.54) is 14.2 Å². The molecule has 0 aromatic heterocycles. The molecular formula is C21H30N2O5S. The van der Waals surface area contributed by atoms with Gasteiger partial charge >= 0.3 is 0 Å². The summed E-state index contributed by atoms with van der Waals surface area (Å²) in [6, 6.07) is 12.9. The minimum atomic E-state index is -3.59. The third-order valence-corrected chi connectivity index (χ3v) is 5.77. The molecule has 0 saturated heterocycles. The summed E-state index contributed by atoms with van der Waals surface area (Å²) in [5.74, 6) is 1.78. The van der Waals surface area contributed by atoms with E-state index in [2.05, 4.69) is 10.0 Å². The summed E-state index contributed by atoms with van der Waals surface area (Å²) < 4.78 is 43.3. The number of ether oxygens (including phenoxy) is 3. The highest BCUT2D eigenvalue weighted by atomic mass is 32.2. The van der Waals surface area contributed by atoms with Gasteiger partial charge in [0.1, 0.15) is 17.3 Å². The second-order valence-electron chi connectivity index (χ2n) is 6.48. The van der Waals surface area contributed by atoms with Gasteiger partial charge in [0, 0.05) is 12.6 Å². The van der Waals surface area contributed by atoms with E-state index in [-0.39, 0.29) is 10.9 Å². The van der Waals surface area contributed by atoms with Gasteiger partial charge in [-0.25, -0.2) is 13.1 Å². The van der Waals surface area contributed by atoms with Crippen LogP contribution < -0.4 is 24.2 Å². The summed E-state index contributed by atoms with van der Waals surface area (Å²) in [7, 11) is -0.747. The summed E-state index contributed by atoms with van der Waals surface area (Å²) in [4.78, 5) is 0.142. The Balaban J connectivity index is 1.90. The van der Waals surface area contributed by atoms with Gasteiger partial charge in [0.25, 0.3) is 0 Å². The van der Waals surface area contributed by atoms with Gasteiger partial charge in [-0.1, -0.05) is 18.2 Å². The Hall–Kier alpha value is -2.29. The van der Waals surface area contributed by atoms with Gasteiger partial charge in [-0.15, -0.1) is 0 Å². The maximum absolute atomic E-state index is 12.2. The Morgan fingerprint density at radius 3 is 2.34 bits per heavy atom. The van der Waals surface area contributed by atoms with E-state index >= 15 is 0 Å². The predicted molar refractivity (Wildman–Crippen MR) is 114 cm³/mol. The van der Waals surface area contributed by atoms with Crippen LogP contribution in [0.4, 0.5) is 0 Å². The molecule has 0 aliphatic heterocycles. The van der Waals surface area contributed by atoms with E-state index < -0.39 is 10.0 Å². The number of hydrogen-bond donors (Lipinski definition) is 2. The van der Waals surface area contributed by atoms with Crippen molar-refractivity contribution in [3.8, 4) is 17.2 Å². The topological polar surface area (TPSA) is 85.9 Å².